The average Bonchev–Trinajstić information content (AvgIpc) is 3.40. The average molecular weight is 337 g/mol. The highest BCUT2D eigenvalue weighted by Gasteiger charge is 2.31. The van der Waals surface area contributed by atoms with Crippen molar-refractivity contribution in [2.45, 2.75) is 52.0 Å². The number of imidazole rings is 1. The first-order valence-corrected chi connectivity index (χ1v) is 9.50. The van der Waals surface area contributed by atoms with Crippen molar-refractivity contribution >= 4 is 5.91 Å². The molecule has 4 rings (SSSR count). The zero-order valence-corrected chi connectivity index (χ0v) is 15.2. The van der Waals surface area contributed by atoms with Gasteiger partial charge < -0.3 is 9.47 Å². The molecule has 1 amide bonds. The van der Waals surface area contributed by atoms with Gasteiger partial charge in [0.25, 0.3) is 5.91 Å². The minimum atomic E-state index is 0.179. The van der Waals surface area contributed by atoms with Gasteiger partial charge in [-0.15, -0.1) is 0 Å². The molecule has 1 atom stereocenters. The predicted molar refractivity (Wildman–Crippen MR) is 98.7 cm³/mol. The molecular weight excluding hydrogens is 310 g/mol. The van der Waals surface area contributed by atoms with Crippen molar-refractivity contribution in [2.75, 3.05) is 13.1 Å². The molecule has 1 aliphatic heterocycles. The van der Waals surface area contributed by atoms with Crippen molar-refractivity contribution in [3.05, 3.63) is 53.1 Å². The summed E-state index contributed by atoms with van der Waals surface area (Å²) in [6, 6.07) is 7.94. The van der Waals surface area contributed by atoms with Crippen LogP contribution in [0.15, 0.2) is 30.5 Å². The first-order chi connectivity index (χ1) is 12.1. The number of hydrogen-bond donors (Lipinski definition) is 0. The maximum atomic E-state index is 12.9. The molecule has 1 saturated carbocycles. The van der Waals surface area contributed by atoms with Crippen molar-refractivity contribution in [3.8, 4) is 0 Å². The van der Waals surface area contributed by atoms with Gasteiger partial charge >= 0.3 is 0 Å². The zero-order chi connectivity index (χ0) is 17.4. The summed E-state index contributed by atoms with van der Waals surface area (Å²) in [6.45, 7) is 6.92. The van der Waals surface area contributed by atoms with E-state index in [1.54, 1.807) is 0 Å². The van der Waals surface area contributed by atoms with E-state index in [0.29, 0.717) is 11.8 Å². The van der Waals surface area contributed by atoms with E-state index in [1.165, 1.54) is 30.8 Å². The van der Waals surface area contributed by atoms with Crippen LogP contribution in [0.5, 0.6) is 0 Å². The fraction of sp³-hybridized carbons (Fsp3) is 0.524. The highest BCUT2D eigenvalue weighted by molar-refractivity contribution is 5.94. The van der Waals surface area contributed by atoms with Gasteiger partial charge in [0, 0.05) is 43.0 Å². The van der Waals surface area contributed by atoms with E-state index in [1.807, 2.05) is 42.3 Å². The van der Waals surface area contributed by atoms with Gasteiger partial charge in [-0.3, -0.25) is 4.79 Å². The van der Waals surface area contributed by atoms with E-state index in [9.17, 15) is 4.79 Å². The number of aryl methyl sites for hydroxylation is 2. The molecule has 1 saturated heterocycles. The van der Waals surface area contributed by atoms with Crippen LogP contribution < -0.4 is 0 Å². The van der Waals surface area contributed by atoms with Gasteiger partial charge in [-0.2, -0.15) is 0 Å². The largest absolute Gasteiger partial charge is 0.338 e. The third kappa shape index (κ3) is 3.48. The molecule has 0 bridgehead atoms. The standard InChI is InChI=1S/C21H27N3O/c1-15-5-3-7-19(11-15)21(25)23-10-4-6-17(13-23)14-24-16(2)12-22-20(24)18-8-9-18/h3,5,7,11-12,17-18H,4,6,8-10,13-14H2,1-2H3. The van der Waals surface area contributed by atoms with Crippen molar-refractivity contribution in [2.24, 2.45) is 5.92 Å². The number of likely N-dealkylation sites (tertiary alicyclic amines) is 1. The number of piperidine rings is 1. The van der Waals surface area contributed by atoms with Crippen LogP contribution in [-0.2, 0) is 6.54 Å². The molecule has 0 spiro atoms. The number of benzene rings is 1. The molecule has 25 heavy (non-hydrogen) atoms. The number of carbonyl (C=O) groups excluding carboxylic acids is 1. The van der Waals surface area contributed by atoms with Gasteiger partial charge in [-0.05, 0) is 57.6 Å². The number of carbonyl (C=O) groups is 1. The maximum Gasteiger partial charge on any atom is 0.253 e. The molecule has 2 aromatic rings. The molecule has 4 nitrogen and oxygen atoms in total. The van der Waals surface area contributed by atoms with Gasteiger partial charge in [0.1, 0.15) is 5.82 Å². The van der Waals surface area contributed by atoms with Gasteiger partial charge in [-0.1, -0.05) is 17.7 Å². The summed E-state index contributed by atoms with van der Waals surface area (Å²) in [6.07, 6.45) is 6.85. The van der Waals surface area contributed by atoms with Crippen LogP contribution in [-0.4, -0.2) is 33.4 Å². The Bertz CT molecular complexity index is 775. The van der Waals surface area contributed by atoms with Crippen LogP contribution in [0.2, 0.25) is 0 Å². The molecule has 0 N–H and O–H groups in total. The summed E-state index contributed by atoms with van der Waals surface area (Å²) in [4.78, 5) is 19.5. The molecule has 2 heterocycles. The second kappa shape index (κ2) is 6.66. The Kier molecular flexibility index (Phi) is 4.36. The van der Waals surface area contributed by atoms with Crippen LogP contribution in [0, 0.1) is 19.8 Å². The van der Waals surface area contributed by atoms with E-state index >= 15 is 0 Å². The molecule has 1 aromatic carbocycles. The minimum absolute atomic E-state index is 0.179. The predicted octanol–water partition coefficient (Wildman–Crippen LogP) is 3.93. The summed E-state index contributed by atoms with van der Waals surface area (Å²) in [5.74, 6) is 2.63. The molecule has 2 aliphatic rings. The van der Waals surface area contributed by atoms with Crippen LogP contribution in [0.3, 0.4) is 0 Å². The first kappa shape index (κ1) is 16.4. The van der Waals surface area contributed by atoms with Gasteiger partial charge in [0.05, 0.1) is 0 Å². The Labute approximate surface area is 149 Å². The zero-order valence-electron chi connectivity index (χ0n) is 15.2. The lowest BCUT2D eigenvalue weighted by Gasteiger charge is -2.33. The lowest BCUT2D eigenvalue weighted by Crippen LogP contribution is -2.41. The van der Waals surface area contributed by atoms with Crippen LogP contribution in [0.4, 0.5) is 0 Å². The number of aromatic nitrogens is 2. The minimum Gasteiger partial charge on any atom is -0.338 e. The van der Waals surface area contributed by atoms with E-state index in [2.05, 4.69) is 16.5 Å². The Balaban J connectivity index is 1.46. The van der Waals surface area contributed by atoms with Crippen LogP contribution in [0.25, 0.3) is 0 Å². The smallest absolute Gasteiger partial charge is 0.253 e. The second-order valence-electron chi connectivity index (χ2n) is 7.77. The summed E-state index contributed by atoms with van der Waals surface area (Å²) < 4.78 is 2.41. The fourth-order valence-electron chi connectivity index (χ4n) is 4.00. The Morgan fingerprint density at radius 1 is 1.24 bits per heavy atom. The van der Waals surface area contributed by atoms with Gasteiger partial charge in [0.2, 0.25) is 0 Å². The summed E-state index contributed by atoms with van der Waals surface area (Å²) in [5, 5.41) is 0. The Hall–Kier alpha value is -2.10. The fourth-order valence-corrected chi connectivity index (χ4v) is 4.00. The third-order valence-electron chi connectivity index (χ3n) is 5.54. The quantitative estimate of drug-likeness (QED) is 0.848. The van der Waals surface area contributed by atoms with E-state index < -0.39 is 0 Å². The van der Waals surface area contributed by atoms with E-state index in [4.69, 9.17) is 0 Å². The third-order valence-corrected chi connectivity index (χ3v) is 5.54. The van der Waals surface area contributed by atoms with Gasteiger partial charge in [0.15, 0.2) is 0 Å². The topological polar surface area (TPSA) is 38.1 Å². The Morgan fingerprint density at radius 3 is 2.84 bits per heavy atom. The molecular formula is C21H27N3O. The number of rotatable bonds is 4. The number of nitrogens with zero attached hydrogens (tertiary/aromatic N) is 3. The lowest BCUT2D eigenvalue weighted by atomic mass is 9.96. The van der Waals surface area contributed by atoms with Crippen molar-refractivity contribution in [1.29, 1.82) is 0 Å². The molecule has 0 radical (unpaired) electrons. The number of hydrogen-bond acceptors (Lipinski definition) is 2. The van der Waals surface area contributed by atoms with Crippen LogP contribution >= 0.6 is 0 Å². The highest BCUT2D eigenvalue weighted by Crippen LogP contribution is 2.40. The Morgan fingerprint density at radius 2 is 2.08 bits per heavy atom. The van der Waals surface area contributed by atoms with Crippen molar-refractivity contribution < 1.29 is 4.79 Å². The van der Waals surface area contributed by atoms with E-state index in [-0.39, 0.29) is 5.91 Å². The molecule has 1 aliphatic carbocycles. The molecule has 132 valence electrons. The second-order valence-corrected chi connectivity index (χ2v) is 7.77. The van der Waals surface area contributed by atoms with Crippen molar-refractivity contribution in [1.82, 2.24) is 14.5 Å². The van der Waals surface area contributed by atoms with Crippen molar-refractivity contribution in [3.63, 3.8) is 0 Å². The SMILES string of the molecule is Cc1cccc(C(=O)N2CCCC(Cn3c(C)cnc3C3CC3)C2)c1. The molecule has 1 unspecified atom stereocenters. The molecule has 2 fully saturated rings. The molecule has 4 heteroatoms. The summed E-state index contributed by atoms with van der Waals surface area (Å²) >= 11 is 0. The first-order valence-electron chi connectivity index (χ1n) is 9.50. The van der Waals surface area contributed by atoms with E-state index in [0.717, 1.165) is 37.2 Å². The maximum absolute atomic E-state index is 12.9. The molecule has 1 aromatic heterocycles. The normalized spacial score (nSPS) is 20.7. The highest BCUT2D eigenvalue weighted by atomic mass is 16.2. The lowest BCUT2D eigenvalue weighted by molar-refractivity contribution is 0.0661. The summed E-state index contributed by atoms with van der Waals surface area (Å²) in [5.41, 5.74) is 3.21. The van der Waals surface area contributed by atoms with Crippen LogP contribution in [0.1, 0.15) is 59.0 Å². The van der Waals surface area contributed by atoms with Gasteiger partial charge in [-0.25, -0.2) is 4.98 Å². The summed E-state index contributed by atoms with van der Waals surface area (Å²) in [7, 11) is 0. The number of amides is 1. The monoisotopic (exact) mass is 337 g/mol.